The minimum Gasteiger partial charge on any atom is -0.376 e. The van der Waals surface area contributed by atoms with Crippen LogP contribution in [0.15, 0.2) is 78.4 Å². The Morgan fingerprint density at radius 3 is 2.64 bits per heavy atom. The number of aryl methyl sites for hydroxylation is 1. The molecule has 1 aliphatic carbocycles. The first kappa shape index (κ1) is 27.6. The third-order valence-corrected chi connectivity index (χ3v) is 8.30. The van der Waals surface area contributed by atoms with Gasteiger partial charge in [0.1, 0.15) is 12.4 Å². The van der Waals surface area contributed by atoms with E-state index in [1.165, 1.54) is 6.33 Å². The van der Waals surface area contributed by atoms with Crippen LogP contribution in [0.25, 0.3) is 16.9 Å². The molecule has 0 radical (unpaired) electrons. The molecule has 1 saturated carbocycles. The molecule has 0 N–H and O–H groups in total. The summed E-state index contributed by atoms with van der Waals surface area (Å²) in [6.07, 6.45) is 12.6. The summed E-state index contributed by atoms with van der Waals surface area (Å²) in [7, 11) is 0. The second-order valence-electron chi connectivity index (χ2n) is 10.9. The van der Waals surface area contributed by atoms with Crippen LogP contribution in [-0.2, 0) is 24.1 Å². The Kier molecular flexibility index (Phi) is 8.24. The molecule has 5 aromatic rings. The van der Waals surface area contributed by atoms with Crippen molar-refractivity contribution in [2.75, 3.05) is 6.61 Å². The van der Waals surface area contributed by atoms with Crippen LogP contribution in [0.5, 0.6) is 0 Å². The molecule has 2 aromatic carbocycles. The molecule has 9 nitrogen and oxygen atoms in total. The highest BCUT2D eigenvalue weighted by Crippen LogP contribution is 2.32. The molecule has 1 aliphatic rings. The molecule has 1 fully saturated rings. The van der Waals surface area contributed by atoms with Gasteiger partial charge < -0.3 is 9.30 Å². The Morgan fingerprint density at radius 2 is 1.90 bits per heavy atom. The van der Waals surface area contributed by atoms with Crippen LogP contribution in [0.3, 0.4) is 0 Å². The molecule has 0 saturated heterocycles. The second kappa shape index (κ2) is 12.5. The lowest BCUT2D eigenvalue weighted by Crippen LogP contribution is -2.35. The highest BCUT2D eigenvalue weighted by molar-refractivity contribution is 5.72. The summed E-state index contributed by atoms with van der Waals surface area (Å²) < 4.78 is 11.9. The number of aromatic nitrogens is 6. The zero-order chi connectivity index (χ0) is 28.9. The molecule has 0 atom stereocenters. The number of nitriles is 1. The van der Waals surface area contributed by atoms with E-state index in [1.807, 2.05) is 68.4 Å². The Labute approximate surface area is 245 Å². The van der Waals surface area contributed by atoms with Crippen LogP contribution in [0.1, 0.15) is 67.5 Å². The monoisotopic (exact) mass is 561 g/mol. The maximum absolute atomic E-state index is 14.4. The van der Waals surface area contributed by atoms with Crippen molar-refractivity contribution in [1.82, 2.24) is 28.7 Å². The molecule has 0 aliphatic heterocycles. The predicted molar refractivity (Wildman–Crippen MR) is 160 cm³/mol. The molecule has 6 rings (SSSR count). The number of rotatable bonds is 10. The van der Waals surface area contributed by atoms with Gasteiger partial charge in [0.25, 0.3) is 5.56 Å². The van der Waals surface area contributed by atoms with Gasteiger partial charge in [0, 0.05) is 37.0 Å². The van der Waals surface area contributed by atoms with E-state index in [0.717, 1.165) is 61.0 Å². The van der Waals surface area contributed by atoms with Crippen molar-refractivity contribution in [2.24, 2.45) is 0 Å². The fraction of sp³-hybridized carbons (Fsp3) is 0.364. The topological polar surface area (TPSA) is 103 Å². The van der Waals surface area contributed by atoms with E-state index in [4.69, 9.17) is 4.74 Å². The fourth-order valence-electron chi connectivity index (χ4n) is 6.22. The van der Waals surface area contributed by atoms with Crippen LogP contribution in [0, 0.1) is 11.3 Å². The predicted octanol–water partition coefficient (Wildman–Crippen LogP) is 5.37. The molecule has 9 heteroatoms. The lowest BCUT2D eigenvalue weighted by molar-refractivity contribution is 0.0153. The minimum atomic E-state index is -0.0302. The van der Waals surface area contributed by atoms with Crippen LogP contribution in [-0.4, -0.2) is 41.4 Å². The molecule has 0 amide bonds. The molecular weight excluding hydrogens is 526 g/mol. The summed E-state index contributed by atoms with van der Waals surface area (Å²) in [5, 5.41) is 14.8. The summed E-state index contributed by atoms with van der Waals surface area (Å²) in [5.41, 5.74) is 4.84. The first-order valence-electron chi connectivity index (χ1n) is 14.8. The minimum absolute atomic E-state index is 0.0122. The first-order valence-corrected chi connectivity index (χ1v) is 14.8. The van der Waals surface area contributed by atoms with Gasteiger partial charge in [0.05, 0.1) is 30.3 Å². The quantitative estimate of drug-likeness (QED) is 0.227. The van der Waals surface area contributed by atoms with E-state index >= 15 is 0 Å². The Morgan fingerprint density at radius 1 is 1.07 bits per heavy atom. The summed E-state index contributed by atoms with van der Waals surface area (Å²) in [6, 6.07) is 18.3. The van der Waals surface area contributed by atoms with Gasteiger partial charge in [0.2, 0.25) is 5.78 Å². The van der Waals surface area contributed by atoms with E-state index in [1.54, 1.807) is 12.5 Å². The van der Waals surface area contributed by atoms with Gasteiger partial charge in [-0.15, -0.1) is 0 Å². The van der Waals surface area contributed by atoms with Gasteiger partial charge in [0.15, 0.2) is 0 Å². The number of ether oxygens (including phenoxy) is 1. The maximum atomic E-state index is 14.4. The molecular formula is C33H35N7O2. The SMILES string of the molecule is CCCc1c(Cc2cccc(-c3ccccc3)c2C#N)c(=O)n(C2CCC(OCCn3ccnc3)CC2)c2ncnn12. The van der Waals surface area contributed by atoms with Gasteiger partial charge in [-0.2, -0.15) is 15.3 Å². The van der Waals surface area contributed by atoms with Crippen LogP contribution in [0.2, 0.25) is 0 Å². The summed E-state index contributed by atoms with van der Waals surface area (Å²) >= 11 is 0. The molecule has 3 aromatic heterocycles. The van der Waals surface area contributed by atoms with Crippen LogP contribution in [0.4, 0.5) is 0 Å². The van der Waals surface area contributed by atoms with Gasteiger partial charge in [-0.05, 0) is 48.8 Å². The highest BCUT2D eigenvalue weighted by Gasteiger charge is 2.28. The van der Waals surface area contributed by atoms with Gasteiger partial charge in [-0.25, -0.2) is 9.50 Å². The number of nitrogens with zero attached hydrogens (tertiary/aromatic N) is 7. The summed E-state index contributed by atoms with van der Waals surface area (Å²) in [4.78, 5) is 23.0. The average Bonchev–Trinajstić information content (AvgIpc) is 3.73. The number of hydrogen-bond donors (Lipinski definition) is 0. The Hall–Kier alpha value is -4.55. The number of imidazole rings is 1. The number of benzene rings is 2. The van der Waals surface area contributed by atoms with Gasteiger partial charge >= 0.3 is 0 Å². The molecule has 3 heterocycles. The van der Waals surface area contributed by atoms with E-state index in [0.29, 0.717) is 36.4 Å². The fourth-order valence-corrected chi connectivity index (χ4v) is 6.22. The number of hydrogen-bond acceptors (Lipinski definition) is 6. The van der Waals surface area contributed by atoms with Crippen molar-refractivity contribution < 1.29 is 4.74 Å². The molecule has 0 bridgehead atoms. The van der Waals surface area contributed by atoms with Crippen molar-refractivity contribution in [2.45, 2.75) is 70.6 Å². The molecule has 42 heavy (non-hydrogen) atoms. The zero-order valence-electron chi connectivity index (χ0n) is 23.9. The highest BCUT2D eigenvalue weighted by atomic mass is 16.5. The van der Waals surface area contributed by atoms with Crippen molar-refractivity contribution in [3.8, 4) is 17.2 Å². The van der Waals surface area contributed by atoms with Crippen molar-refractivity contribution in [3.63, 3.8) is 0 Å². The van der Waals surface area contributed by atoms with Crippen molar-refractivity contribution >= 4 is 5.78 Å². The largest absolute Gasteiger partial charge is 0.376 e. The molecule has 0 spiro atoms. The van der Waals surface area contributed by atoms with Crippen molar-refractivity contribution in [1.29, 1.82) is 5.26 Å². The third-order valence-electron chi connectivity index (χ3n) is 8.30. The Bertz CT molecular complexity index is 1740. The average molecular weight is 562 g/mol. The lowest BCUT2D eigenvalue weighted by atomic mass is 9.91. The number of fused-ring (bicyclic) bond motifs is 1. The zero-order valence-corrected chi connectivity index (χ0v) is 23.9. The van der Waals surface area contributed by atoms with Gasteiger partial charge in [-0.1, -0.05) is 61.9 Å². The normalized spacial score (nSPS) is 17.0. The van der Waals surface area contributed by atoms with Crippen LogP contribution < -0.4 is 5.56 Å². The van der Waals surface area contributed by atoms with E-state index in [-0.39, 0.29) is 17.7 Å². The lowest BCUT2D eigenvalue weighted by Gasteiger charge is -2.30. The van der Waals surface area contributed by atoms with Crippen molar-refractivity contribution in [3.05, 3.63) is 106 Å². The van der Waals surface area contributed by atoms with E-state index in [9.17, 15) is 10.1 Å². The third kappa shape index (κ3) is 5.50. The van der Waals surface area contributed by atoms with E-state index in [2.05, 4.69) is 28.1 Å². The Balaban J connectivity index is 1.31. The summed E-state index contributed by atoms with van der Waals surface area (Å²) in [5.74, 6) is 0.593. The van der Waals surface area contributed by atoms with E-state index < -0.39 is 0 Å². The first-order chi connectivity index (χ1) is 20.7. The van der Waals surface area contributed by atoms with Crippen LogP contribution >= 0.6 is 0 Å². The van der Waals surface area contributed by atoms with Gasteiger partial charge in [-0.3, -0.25) is 9.36 Å². The summed E-state index contributed by atoms with van der Waals surface area (Å²) in [6.45, 7) is 3.51. The smallest absolute Gasteiger partial charge is 0.259 e. The molecule has 0 unspecified atom stereocenters. The maximum Gasteiger partial charge on any atom is 0.259 e. The molecule has 214 valence electrons. The second-order valence-corrected chi connectivity index (χ2v) is 10.9. The standard InChI is InChI=1S/C33H35N7O2/c1-2-7-31-29(20-25-10-6-11-28(30(25)21-34)24-8-4-3-5-9-24)32(41)39(33-36-22-37-40(31)33)26-12-14-27(15-13-26)42-19-18-38-17-16-35-23-38/h3-6,8-11,16-17,22-23,26-27H,2,7,12-15,18-20H2,1H3.